The van der Waals surface area contributed by atoms with Crippen LogP contribution in [0.3, 0.4) is 0 Å². The Kier molecular flexibility index (Phi) is 6.95. The Bertz CT molecular complexity index is 1650. The summed E-state index contributed by atoms with van der Waals surface area (Å²) in [7, 11) is -8.71. The van der Waals surface area contributed by atoms with Gasteiger partial charge in [0.2, 0.25) is 0 Å². The molecule has 0 saturated heterocycles. The molecule has 0 bridgehead atoms. The molecular weight excluding hydrogens is 518 g/mol. The van der Waals surface area contributed by atoms with E-state index in [-0.39, 0.29) is 22.2 Å². The predicted octanol–water partition coefficient (Wildman–Crippen LogP) is 4.23. The molecule has 11 nitrogen and oxygen atoms in total. The molecule has 3 aromatic carbocycles. The third-order valence-corrected chi connectivity index (χ3v) is 7.96. The second kappa shape index (κ2) is 9.84. The number of sulfonamides is 1. The van der Waals surface area contributed by atoms with E-state index in [1.165, 1.54) is 29.3 Å². The summed E-state index contributed by atoms with van der Waals surface area (Å²) in [4.78, 5) is 12.3. The molecule has 1 aliphatic rings. The Balaban J connectivity index is 1.60. The number of benzene rings is 3. The largest absolute Gasteiger partial charge is 0.294 e. The predicted molar refractivity (Wildman–Crippen MR) is 138 cm³/mol. The first kappa shape index (κ1) is 26.1. The molecule has 192 valence electrons. The number of nitrogens with zero attached hydrogens (tertiary/aromatic N) is 4. The van der Waals surface area contributed by atoms with Crippen molar-refractivity contribution in [2.75, 3.05) is 9.73 Å². The number of carbonyl (C=O) groups excluding carboxylic acids is 1. The fourth-order valence-corrected chi connectivity index (χ4v) is 5.47. The molecule has 0 spiro atoms. The van der Waals surface area contributed by atoms with Gasteiger partial charge in [0, 0.05) is 0 Å². The van der Waals surface area contributed by atoms with E-state index < -0.39 is 31.1 Å². The van der Waals surface area contributed by atoms with E-state index in [0.717, 1.165) is 6.07 Å². The van der Waals surface area contributed by atoms with Gasteiger partial charge >= 0.3 is 0 Å². The Morgan fingerprint density at radius 3 is 2.27 bits per heavy atom. The van der Waals surface area contributed by atoms with Crippen LogP contribution in [0.1, 0.15) is 18.1 Å². The maximum atomic E-state index is 13.2. The highest BCUT2D eigenvalue weighted by Crippen LogP contribution is 2.28. The highest BCUT2D eigenvalue weighted by atomic mass is 32.2. The number of para-hydroxylation sites is 1. The molecule has 0 saturated carbocycles. The number of azo groups is 1. The molecule has 1 aliphatic heterocycles. The third kappa shape index (κ3) is 5.58. The van der Waals surface area contributed by atoms with Gasteiger partial charge in [0.1, 0.15) is 0 Å². The lowest BCUT2D eigenvalue weighted by Gasteiger charge is -2.14. The van der Waals surface area contributed by atoms with Crippen molar-refractivity contribution in [2.24, 2.45) is 15.3 Å². The van der Waals surface area contributed by atoms with Crippen LogP contribution in [0.15, 0.2) is 91.9 Å². The Labute approximate surface area is 214 Å². The van der Waals surface area contributed by atoms with Gasteiger partial charge in [-0.25, -0.2) is 8.42 Å². The van der Waals surface area contributed by atoms with Gasteiger partial charge < -0.3 is 0 Å². The molecule has 1 heterocycles. The van der Waals surface area contributed by atoms with Crippen LogP contribution < -0.4 is 9.73 Å². The van der Waals surface area contributed by atoms with Gasteiger partial charge in [0.25, 0.3) is 26.0 Å². The lowest BCUT2D eigenvalue weighted by atomic mass is 10.2. The second-order valence-electron chi connectivity index (χ2n) is 8.35. The van der Waals surface area contributed by atoms with E-state index in [0.29, 0.717) is 22.5 Å². The topological polar surface area (TPSA) is 158 Å². The number of hydrazone groups is 1. The minimum atomic E-state index is -4.53. The Hall–Kier alpha value is -3.94. The zero-order chi connectivity index (χ0) is 27.0. The van der Waals surface area contributed by atoms with Crippen LogP contribution in [-0.2, 0) is 24.9 Å². The van der Waals surface area contributed by atoms with Crippen molar-refractivity contribution in [3.8, 4) is 0 Å². The molecule has 3 aromatic rings. The highest BCUT2D eigenvalue weighted by Gasteiger charge is 2.34. The van der Waals surface area contributed by atoms with E-state index in [4.69, 9.17) is 0 Å². The summed E-state index contributed by atoms with van der Waals surface area (Å²) in [6, 6.07) is 15.9. The summed E-state index contributed by atoms with van der Waals surface area (Å²) in [6.45, 7) is 4.83. The summed E-state index contributed by atoms with van der Waals surface area (Å²) >= 11 is 0. The van der Waals surface area contributed by atoms with Crippen LogP contribution in [-0.4, -0.2) is 39.0 Å². The van der Waals surface area contributed by atoms with Crippen LogP contribution in [0.2, 0.25) is 0 Å². The van der Waals surface area contributed by atoms with Crippen molar-refractivity contribution in [2.45, 2.75) is 36.6 Å². The lowest BCUT2D eigenvalue weighted by molar-refractivity contribution is -0.117. The Morgan fingerprint density at radius 2 is 1.59 bits per heavy atom. The average molecular weight is 542 g/mol. The SMILES string of the molecule is CC1=NN(c2ccccc2)C(=O)C1N=Nc1ccc(C)c(S(=O)(=O)Nc2cc(S(=O)(=O)O)ccc2C)c1. The molecule has 4 rings (SSSR count). The maximum Gasteiger partial charge on any atom is 0.294 e. The summed E-state index contributed by atoms with van der Waals surface area (Å²) in [5, 5.41) is 13.7. The van der Waals surface area contributed by atoms with Crippen LogP contribution in [0.5, 0.6) is 0 Å². The van der Waals surface area contributed by atoms with E-state index in [1.807, 2.05) is 6.07 Å². The minimum Gasteiger partial charge on any atom is -0.282 e. The average Bonchev–Trinajstić information content (AvgIpc) is 3.12. The standard InChI is InChI=1S/C24H23N5O6S2/c1-15-10-12-20(37(33,34)35)14-21(15)28-36(31,32)22-13-18(11-9-16(22)2)25-26-23-17(3)27-29(24(23)30)19-7-5-4-6-8-19/h4-14,23,28H,1-3H3,(H,33,34,35). The molecule has 1 atom stereocenters. The molecule has 0 aliphatic carbocycles. The van der Waals surface area contributed by atoms with E-state index in [1.54, 1.807) is 51.1 Å². The van der Waals surface area contributed by atoms with Crippen molar-refractivity contribution in [1.82, 2.24) is 0 Å². The third-order valence-electron chi connectivity index (χ3n) is 5.60. The molecule has 1 amide bonds. The van der Waals surface area contributed by atoms with Gasteiger partial charge in [-0.3, -0.25) is 14.1 Å². The van der Waals surface area contributed by atoms with Crippen LogP contribution >= 0.6 is 0 Å². The Morgan fingerprint density at radius 1 is 0.919 bits per heavy atom. The number of anilines is 2. The van der Waals surface area contributed by atoms with E-state index in [2.05, 4.69) is 20.1 Å². The molecule has 13 heteroatoms. The first-order valence-corrected chi connectivity index (χ1v) is 13.9. The summed E-state index contributed by atoms with van der Waals surface area (Å²) in [6.07, 6.45) is 0. The quantitative estimate of drug-likeness (QED) is 0.337. The van der Waals surface area contributed by atoms with Crippen molar-refractivity contribution in [1.29, 1.82) is 0 Å². The molecule has 0 radical (unpaired) electrons. The first-order valence-electron chi connectivity index (χ1n) is 10.9. The van der Waals surface area contributed by atoms with Crippen molar-refractivity contribution in [3.63, 3.8) is 0 Å². The van der Waals surface area contributed by atoms with Crippen molar-refractivity contribution in [3.05, 3.63) is 77.9 Å². The number of rotatable bonds is 7. The van der Waals surface area contributed by atoms with Gasteiger partial charge in [0.05, 0.1) is 32.6 Å². The van der Waals surface area contributed by atoms with Gasteiger partial charge in [-0.2, -0.15) is 28.8 Å². The molecule has 0 aromatic heterocycles. The number of hydrogen-bond donors (Lipinski definition) is 2. The summed E-state index contributed by atoms with van der Waals surface area (Å²) in [5.74, 6) is -0.386. The monoisotopic (exact) mass is 541 g/mol. The smallest absolute Gasteiger partial charge is 0.282 e. The molecule has 2 N–H and O–H groups in total. The lowest BCUT2D eigenvalue weighted by Crippen LogP contribution is -2.29. The second-order valence-corrected chi connectivity index (χ2v) is 11.4. The van der Waals surface area contributed by atoms with Gasteiger partial charge in [0.15, 0.2) is 6.04 Å². The van der Waals surface area contributed by atoms with Crippen LogP contribution in [0.4, 0.5) is 17.1 Å². The van der Waals surface area contributed by atoms with Crippen LogP contribution in [0, 0.1) is 13.8 Å². The highest BCUT2D eigenvalue weighted by molar-refractivity contribution is 7.92. The number of carbonyl (C=O) groups is 1. The molecular formula is C24H23N5O6S2. The zero-order valence-electron chi connectivity index (χ0n) is 20.0. The summed E-state index contributed by atoms with van der Waals surface area (Å²) < 4.78 is 61.0. The van der Waals surface area contributed by atoms with E-state index >= 15 is 0 Å². The number of hydrogen-bond acceptors (Lipinski definition) is 8. The number of amides is 1. The molecule has 37 heavy (non-hydrogen) atoms. The number of nitrogens with one attached hydrogen (secondary N) is 1. The van der Waals surface area contributed by atoms with Gasteiger partial charge in [-0.05, 0) is 68.3 Å². The van der Waals surface area contributed by atoms with Gasteiger partial charge in [-0.1, -0.05) is 30.3 Å². The normalized spacial score (nSPS) is 16.3. The minimum absolute atomic E-state index is 0.00838. The van der Waals surface area contributed by atoms with Crippen molar-refractivity contribution < 1.29 is 26.2 Å². The maximum absolute atomic E-state index is 13.2. The van der Waals surface area contributed by atoms with Crippen LogP contribution in [0.25, 0.3) is 0 Å². The number of aryl methyl sites for hydroxylation is 2. The first-order chi connectivity index (χ1) is 17.4. The fourth-order valence-electron chi connectivity index (χ4n) is 3.58. The molecule has 1 unspecified atom stereocenters. The molecule has 0 fully saturated rings. The van der Waals surface area contributed by atoms with Gasteiger partial charge in [-0.15, -0.1) is 0 Å². The van der Waals surface area contributed by atoms with Crippen molar-refractivity contribution >= 4 is 48.8 Å². The van der Waals surface area contributed by atoms with E-state index in [9.17, 15) is 26.2 Å². The summed E-state index contributed by atoms with van der Waals surface area (Å²) in [5.41, 5.74) is 2.06. The fraction of sp³-hybridized carbons (Fsp3) is 0.167. The zero-order valence-corrected chi connectivity index (χ0v) is 21.7.